The van der Waals surface area contributed by atoms with Gasteiger partial charge in [0.05, 0.1) is 11.3 Å². The van der Waals surface area contributed by atoms with Crippen LogP contribution in [0.3, 0.4) is 0 Å². The first-order valence-corrected chi connectivity index (χ1v) is 9.71. The molecule has 0 saturated heterocycles. The van der Waals surface area contributed by atoms with Gasteiger partial charge in [-0.1, -0.05) is 54.2 Å². The highest BCUT2D eigenvalue weighted by molar-refractivity contribution is 7.99. The molecule has 0 spiro atoms. The Morgan fingerprint density at radius 3 is 2.63 bits per heavy atom. The molecule has 0 atom stereocenters. The fourth-order valence-electron chi connectivity index (χ4n) is 2.66. The first-order chi connectivity index (χ1) is 13.1. The van der Waals surface area contributed by atoms with Crippen molar-refractivity contribution in [2.75, 3.05) is 12.3 Å². The van der Waals surface area contributed by atoms with Crippen LogP contribution in [0.5, 0.6) is 0 Å². The number of amides is 1. The number of aryl methyl sites for hydroxylation is 1. The fourth-order valence-corrected chi connectivity index (χ4v) is 3.40. The van der Waals surface area contributed by atoms with Crippen molar-refractivity contribution in [3.05, 3.63) is 66.0 Å². The standard InChI is InChI=1S/C20H21FN4OS/c1-25-19(16-11-5-6-12-17(16)21)23-24-20(25)27-14-18(26)22-13-7-10-15-8-3-2-4-9-15/h2-6,8-9,11-12H,7,10,13-14H2,1H3,(H,22,26). The summed E-state index contributed by atoms with van der Waals surface area (Å²) in [6.07, 6.45) is 1.82. The molecule has 2 aromatic carbocycles. The van der Waals surface area contributed by atoms with Crippen molar-refractivity contribution >= 4 is 17.7 Å². The molecule has 1 N–H and O–H groups in total. The molecule has 7 heteroatoms. The van der Waals surface area contributed by atoms with E-state index in [1.165, 1.54) is 23.4 Å². The van der Waals surface area contributed by atoms with Gasteiger partial charge < -0.3 is 9.88 Å². The summed E-state index contributed by atoms with van der Waals surface area (Å²) in [5.41, 5.74) is 1.66. The Labute approximate surface area is 162 Å². The number of nitrogens with one attached hydrogen (secondary N) is 1. The number of benzene rings is 2. The van der Waals surface area contributed by atoms with Crippen LogP contribution in [-0.2, 0) is 18.3 Å². The minimum atomic E-state index is -0.347. The van der Waals surface area contributed by atoms with Crippen LogP contribution in [0.4, 0.5) is 4.39 Å². The van der Waals surface area contributed by atoms with E-state index < -0.39 is 0 Å². The molecule has 0 unspecified atom stereocenters. The highest BCUT2D eigenvalue weighted by Gasteiger charge is 2.15. The summed E-state index contributed by atoms with van der Waals surface area (Å²) in [7, 11) is 1.77. The molecule has 1 amide bonds. The zero-order chi connectivity index (χ0) is 19.1. The summed E-state index contributed by atoms with van der Waals surface area (Å²) in [6, 6.07) is 16.6. The summed E-state index contributed by atoms with van der Waals surface area (Å²) < 4.78 is 15.6. The lowest BCUT2D eigenvalue weighted by Gasteiger charge is -2.06. The van der Waals surface area contributed by atoms with Crippen molar-refractivity contribution in [1.29, 1.82) is 0 Å². The minimum absolute atomic E-state index is 0.0523. The molecular weight excluding hydrogens is 363 g/mol. The van der Waals surface area contributed by atoms with Crippen molar-refractivity contribution in [3.63, 3.8) is 0 Å². The number of halogens is 1. The second kappa shape index (κ2) is 9.32. The van der Waals surface area contributed by atoms with Crippen LogP contribution in [0.15, 0.2) is 59.8 Å². The number of thioether (sulfide) groups is 1. The highest BCUT2D eigenvalue weighted by Crippen LogP contribution is 2.24. The number of carbonyl (C=O) groups excluding carboxylic acids is 1. The molecule has 140 valence electrons. The van der Waals surface area contributed by atoms with E-state index in [0.717, 1.165) is 12.8 Å². The van der Waals surface area contributed by atoms with E-state index in [9.17, 15) is 9.18 Å². The molecule has 1 aromatic heterocycles. The minimum Gasteiger partial charge on any atom is -0.355 e. The molecule has 0 saturated carbocycles. The Morgan fingerprint density at radius 2 is 1.85 bits per heavy atom. The summed E-state index contributed by atoms with van der Waals surface area (Å²) in [5.74, 6) is 0.289. The van der Waals surface area contributed by atoms with Gasteiger partial charge in [0.2, 0.25) is 5.91 Å². The molecular formula is C20H21FN4OS. The monoisotopic (exact) mass is 384 g/mol. The molecule has 0 fully saturated rings. The second-order valence-electron chi connectivity index (χ2n) is 6.07. The molecule has 0 aliphatic rings. The largest absolute Gasteiger partial charge is 0.355 e. The molecule has 0 aliphatic carbocycles. The van der Waals surface area contributed by atoms with E-state index in [1.807, 2.05) is 18.2 Å². The average molecular weight is 384 g/mol. The fraction of sp³-hybridized carbons (Fsp3) is 0.250. The third-order valence-electron chi connectivity index (χ3n) is 4.09. The van der Waals surface area contributed by atoms with Gasteiger partial charge >= 0.3 is 0 Å². The predicted molar refractivity (Wildman–Crippen MR) is 105 cm³/mol. The third kappa shape index (κ3) is 5.17. The summed E-state index contributed by atoms with van der Waals surface area (Å²) in [5, 5.41) is 11.6. The number of rotatable bonds is 8. The van der Waals surface area contributed by atoms with Crippen LogP contribution in [0, 0.1) is 5.82 Å². The molecule has 0 bridgehead atoms. The number of carbonyl (C=O) groups is 1. The predicted octanol–water partition coefficient (Wildman–Crippen LogP) is 3.46. The molecule has 0 radical (unpaired) electrons. The molecule has 0 aliphatic heterocycles. The third-order valence-corrected chi connectivity index (χ3v) is 5.11. The van der Waals surface area contributed by atoms with Gasteiger partial charge in [-0.3, -0.25) is 4.79 Å². The van der Waals surface area contributed by atoms with Crippen molar-refractivity contribution in [2.24, 2.45) is 7.05 Å². The smallest absolute Gasteiger partial charge is 0.230 e. The number of hydrogen-bond donors (Lipinski definition) is 1. The van der Waals surface area contributed by atoms with Crippen LogP contribution in [0.1, 0.15) is 12.0 Å². The normalized spacial score (nSPS) is 10.7. The quantitative estimate of drug-likeness (QED) is 0.477. The van der Waals surface area contributed by atoms with Gasteiger partial charge in [-0.2, -0.15) is 0 Å². The zero-order valence-electron chi connectivity index (χ0n) is 15.1. The Morgan fingerprint density at radius 1 is 1.11 bits per heavy atom. The van der Waals surface area contributed by atoms with E-state index >= 15 is 0 Å². The average Bonchev–Trinajstić information content (AvgIpc) is 3.05. The maximum absolute atomic E-state index is 13.9. The topological polar surface area (TPSA) is 59.8 Å². The van der Waals surface area contributed by atoms with Gasteiger partial charge in [0.1, 0.15) is 5.82 Å². The van der Waals surface area contributed by atoms with Gasteiger partial charge in [-0.15, -0.1) is 10.2 Å². The second-order valence-corrected chi connectivity index (χ2v) is 7.02. The van der Waals surface area contributed by atoms with Crippen molar-refractivity contribution in [3.8, 4) is 11.4 Å². The van der Waals surface area contributed by atoms with Crippen LogP contribution in [-0.4, -0.2) is 33.0 Å². The van der Waals surface area contributed by atoms with Gasteiger partial charge in [0.15, 0.2) is 11.0 Å². The Bertz CT molecular complexity index is 898. The molecule has 3 rings (SSSR count). The van der Waals surface area contributed by atoms with E-state index in [-0.39, 0.29) is 17.5 Å². The lowest BCUT2D eigenvalue weighted by molar-refractivity contribution is -0.118. The first-order valence-electron chi connectivity index (χ1n) is 8.73. The Hall–Kier alpha value is -2.67. The maximum Gasteiger partial charge on any atom is 0.230 e. The van der Waals surface area contributed by atoms with E-state index in [2.05, 4.69) is 27.6 Å². The van der Waals surface area contributed by atoms with Crippen LogP contribution in [0.25, 0.3) is 11.4 Å². The molecule has 5 nitrogen and oxygen atoms in total. The van der Waals surface area contributed by atoms with E-state index in [1.54, 1.807) is 29.8 Å². The molecule has 3 aromatic rings. The number of nitrogens with zero attached hydrogens (tertiary/aromatic N) is 3. The number of hydrogen-bond acceptors (Lipinski definition) is 4. The van der Waals surface area contributed by atoms with Crippen molar-refractivity contribution < 1.29 is 9.18 Å². The van der Waals surface area contributed by atoms with Gasteiger partial charge in [0.25, 0.3) is 0 Å². The van der Waals surface area contributed by atoms with E-state index in [4.69, 9.17) is 0 Å². The van der Waals surface area contributed by atoms with Crippen molar-refractivity contribution in [2.45, 2.75) is 18.0 Å². The zero-order valence-corrected chi connectivity index (χ0v) is 15.9. The lowest BCUT2D eigenvalue weighted by atomic mass is 10.1. The van der Waals surface area contributed by atoms with Gasteiger partial charge in [-0.05, 0) is 30.5 Å². The first kappa shape index (κ1) is 19.1. The Balaban J connectivity index is 1.46. The van der Waals surface area contributed by atoms with Crippen molar-refractivity contribution in [1.82, 2.24) is 20.1 Å². The van der Waals surface area contributed by atoms with Crippen LogP contribution < -0.4 is 5.32 Å². The maximum atomic E-state index is 13.9. The summed E-state index contributed by atoms with van der Waals surface area (Å²) in [6.45, 7) is 0.633. The van der Waals surface area contributed by atoms with Gasteiger partial charge in [0, 0.05) is 13.6 Å². The SMILES string of the molecule is Cn1c(SCC(=O)NCCCc2ccccc2)nnc1-c1ccccc1F. The Kier molecular flexibility index (Phi) is 6.59. The molecule has 1 heterocycles. The molecule has 27 heavy (non-hydrogen) atoms. The van der Waals surface area contributed by atoms with Crippen LogP contribution >= 0.6 is 11.8 Å². The van der Waals surface area contributed by atoms with Crippen LogP contribution in [0.2, 0.25) is 0 Å². The van der Waals surface area contributed by atoms with Gasteiger partial charge in [-0.25, -0.2) is 4.39 Å². The van der Waals surface area contributed by atoms with E-state index in [0.29, 0.717) is 23.1 Å². The summed E-state index contributed by atoms with van der Waals surface area (Å²) in [4.78, 5) is 12.0. The number of aromatic nitrogens is 3. The lowest BCUT2D eigenvalue weighted by Crippen LogP contribution is -2.26. The summed E-state index contributed by atoms with van der Waals surface area (Å²) >= 11 is 1.29. The highest BCUT2D eigenvalue weighted by atomic mass is 32.2.